The molecule has 0 saturated carbocycles. The van der Waals surface area contributed by atoms with Crippen molar-refractivity contribution in [2.45, 2.75) is 69.2 Å². The summed E-state index contributed by atoms with van der Waals surface area (Å²) in [4.78, 5) is 11.5. The van der Waals surface area contributed by atoms with E-state index < -0.39 is 11.4 Å². The fourth-order valence-electron chi connectivity index (χ4n) is 2.56. The van der Waals surface area contributed by atoms with Gasteiger partial charge in [0.15, 0.2) is 0 Å². The van der Waals surface area contributed by atoms with E-state index >= 15 is 0 Å². The third-order valence-electron chi connectivity index (χ3n) is 6.69. The Hall–Kier alpha value is -0.530. The summed E-state index contributed by atoms with van der Waals surface area (Å²) in [6.07, 6.45) is 0. The van der Waals surface area contributed by atoms with E-state index in [1.54, 1.807) is 13.8 Å². The SMILES string of the molecule is CC(C)C(C)(C)C(C)(C)C(C)(C)C(C)(C)C(=O)[O-]. The quantitative estimate of drug-likeness (QED) is 0.754. The maximum Gasteiger partial charge on any atom is 0.0476 e. The Morgan fingerprint density at radius 3 is 1.39 bits per heavy atom. The van der Waals surface area contributed by atoms with E-state index in [1.165, 1.54) is 0 Å². The zero-order chi connectivity index (χ0) is 15.2. The van der Waals surface area contributed by atoms with Gasteiger partial charge in [-0.15, -0.1) is 0 Å². The third kappa shape index (κ3) is 2.19. The van der Waals surface area contributed by atoms with Gasteiger partial charge in [-0.25, -0.2) is 0 Å². The second-order valence-corrected chi connectivity index (χ2v) is 8.04. The summed E-state index contributed by atoms with van der Waals surface area (Å²) in [5, 5.41) is 11.5. The van der Waals surface area contributed by atoms with E-state index in [0.29, 0.717) is 5.92 Å². The molecule has 0 aliphatic carbocycles. The summed E-state index contributed by atoms with van der Waals surface area (Å²) >= 11 is 0. The molecule has 0 radical (unpaired) electrons. The molecule has 0 atom stereocenters. The summed E-state index contributed by atoms with van der Waals surface area (Å²) < 4.78 is 0. The molecule has 0 aliphatic heterocycles. The minimum absolute atomic E-state index is 0.0310. The Bertz CT molecular complexity index is 320. The van der Waals surface area contributed by atoms with Gasteiger partial charge in [-0.05, 0) is 22.2 Å². The normalized spacial score (nSPS) is 15.1. The van der Waals surface area contributed by atoms with Crippen molar-refractivity contribution in [2.24, 2.45) is 27.6 Å². The van der Waals surface area contributed by atoms with Crippen LogP contribution in [0.5, 0.6) is 0 Å². The van der Waals surface area contributed by atoms with E-state index in [0.717, 1.165) is 0 Å². The first kappa shape index (κ1) is 17.5. The molecule has 0 amide bonds. The topological polar surface area (TPSA) is 40.1 Å². The Labute approximate surface area is 113 Å². The largest absolute Gasteiger partial charge is 0.550 e. The van der Waals surface area contributed by atoms with Crippen LogP contribution >= 0.6 is 0 Å². The van der Waals surface area contributed by atoms with Crippen LogP contribution in [0.4, 0.5) is 0 Å². The number of carboxylic acid groups (broad SMARTS) is 1. The summed E-state index contributed by atoms with van der Waals surface area (Å²) in [5.74, 6) is -0.496. The van der Waals surface area contributed by atoms with E-state index in [2.05, 4.69) is 41.5 Å². The zero-order valence-electron chi connectivity index (χ0n) is 13.9. The van der Waals surface area contributed by atoms with Crippen molar-refractivity contribution in [2.75, 3.05) is 0 Å². The van der Waals surface area contributed by atoms with Gasteiger partial charge in [0, 0.05) is 11.4 Å². The molecule has 108 valence electrons. The lowest BCUT2D eigenvalue weighted by molar-refractivity contribution is -0.327. The molecule has 0 heterocycles. The molecule has 0 fully saturated rings. The van der Waals surface area contributed by atoms with Gasteiger partial charge >= 0.3 is 0 Å². The molecular formula is C16H31O2-. The molecular weight excluding hydrogens is 224 g/mol. The van der Waals surface area contributed by atoms with Gasteiger partial charge in [-0.2, -0.15) is 0 Å². The lowest BCUT2D eigenvalue weighted by Gasteiger charge is -2.60. The van der Waals surface area contributed by atoms with Crippen LogP contribution in [0.15, 0.2) is 0 Å². The lowest BCUT2D eigenvalue weighted by Crippen LogP contribution is -2.58. The number of hydrogen-bond acceptors (Lipinski definition) is 2. The Balaban J connectivity index is 5.81. The van der Waals surface area contributed by atoms with Crippen molar-refractivity contribution < 1.29 is 9.90 Å². The van der Waals surface area contributed by atoms with Gasteiger partial charge in [-0.3, -0.25) is 0 Å². The molecule has 0 rings (SSSR count). The zero-order valence-corrected chi connectivity index (χ0v) is 13.9. The van der Waals surface area contributed by atoms with E-state index in [-0.39, 0.29) is 16.2 Å². The van der Waals surface area contributed by atoms with Crippen LogP contribution < -0.4 is 5.11 Å². The highest BCUT2D eigenvalue weighted by atomic mass is 16.4. The van der Waals surface area contributed by atoms with E-state index in [9.17, 15) is 9.90 Å². The van der Waals surface area contributed by atoms with Crippen molar-refractivity contribution in [3.8, 4) is 0 Å². The van der Waals surface area contributed by atoms with Crippen LogP contribution in [-0.2, 0) is 4.79 Å². The van der Waals surface area contributed by atoms with Gasteiger partial charge < -0.3 is 9.90 Å². The molecule has 0 aromatic carbocycles. The molecule has 18 heavy (non-hydrogen) atoms. The van der Waals surface area contributed by atoms with Gasteiger partial charge in [0.1, 0.15) is 0 Å². The second kappa shape index (κ2) is 4.54. The van der Waals surface area contributed by atoms with Crippen LogP contribution in [0.25, 0.3) is 0 Å². The van der Waals surface area contributed by atoms with Gasteiger partial charge in [0.25, 0.3) is 0 Å². The van der Waals surface area contributed by atoms with Gasteiger partial charge in [0.2, 0.25) is 0 Å². The van der Waals surface area contributed by atoms with Crippen molar-refractivity contribution in [3.05, 3.63) is 0 Å². The first-order chi connectivity index (χ1) is 7.64. The van der Waals surface area contributed by atoms with Crippen LogP contribution in [0.2, 0.25) is 0 Å². The smallest absolute Gasteiger partial charge is 0.0476 e. The molecule has 0 aromatic heterocycles. The number of aliphatic carboxylic acids is 1. The fourth-order valence-corrected chi connectivity index (χ4v) is 2.56. The molecule has 2 heteroatoms. The molecule has 2 nitrogen and oxygen atoms in total. The molecule has 0 unspecified atom stereocenters. The van der Waals surface area contributed by atoms with Gasteiger partial charge in [-0.1, -0.05) is 69.2 Å². The highest BCUT2D eigenvalue weighted by molar-refractivity contribution is 5.72. The van der Waals surface area contributed by atoms with E-state index in [4.69, 9.17) is 0 Å². The van der Waals surface area contributed by atoms with Crippen LogP contribution in [0, 0.1) is 27.6 Å². The number of carbonyl (C=O) groups is 1. The first-order valence-electron chi connectivity index (χ1n) is 6.85. The minimum atomic E-state index is -0.972. The molecule has 0 N–H and O–H groups in total. The maximum absolute atomic E-state index is 11.5. The minimum Gasteiger partial charge on any atom is -0.550 e. The third-order valence-corrected chi connectivity index (χ3v) is 6.69. The molecule has 0 bridgehead atoms. The highest BCUT2D eigenvalue weighted by Gasteiger charge is 2.55. The highest BCUT2D eigenvalue weighted by Crippen LogP contribution is 2.60. The maximum atomic E-state index is 11.5. The van der Waals surface area contributed by atoms with Crippen molar-refractivity contribution in [3.63, 3.8) is 0 Å². The lowest BCUT2D eigenvalue weighted by atomic mass is 9.45. The van der Waals surface area contributed by atoms with E-state index in [1.807, 2.05) is 13.8 Å². The Morgan fingerprint density at radius 1 is 0.833 bits per heavy atom. The fraction of sp³-hybridized carbons (Fsp3) is 0.938. The average molecular weight is 255 g/mol. The number of hydrogen-bond donors (Lipinski definition) is 0. The second-order valence-electron chi connectivity index (χ2n) is 8.04. The van der Waals surface area contributed by atoms with Gasteiger partial charge in [0.05, 0.1) is 0 Å². The molecule has 0 aromatic rings. The van der Waals surface area contributed by atoms with Crippen LogP contribution in [-0.4, -0.2) is 5.97 Å². The molecule has 0 saturated heterocycles. The predicted octanol–water partition coefficient (Wildman–Crippen LogP) is 3.50. The summed E-state index contributed by atoms with van der Waals surface area (Å²) in [7, 11) is 0. The van der Waals surface area contributed by atoms with Crippen molar-refractivity contribution >= 4 is 5.97 Å². The molecule has 0 spiro atoms. The van der Waals surface area contributed by atoms with Crippen molar-refractivity contribution in [1.29, 1.82) is 0 Å². The number of carboxylic acids is 1. The first-order valence-corrected chi connectivity index (χ1v) is 6.85. The number of rotatable bonds is 5. The predicted molar refractivity (Wildman–Crippen MR) is 75.0 cm³/mol. The Kier molecular flexibility index (Phi) is 4.40. The van der Waals surface area contributed by atoms with Crippen LogP contribution in [0.1, 0.15) is 69.2 Å². The summed E-state index contributed by atoms with van der Waals surface area (Å²) in [5.41, 5.74) is -1.36. The number of carbonyl (C=O) groups excluding carboxylic acids is 1. The molecule has 0 aliphatic rings. The summed E-state index contributed by atoms with van der Waals surface area (Å²) in [6.45, 7) is 20.9. The van der Waals surface area contributed by atoms with Crippen molar-refractivity contribution in [1.82, 2.24) is 0 Å². The standard InChI is InChI=1S/C16H32O2/c1-11(2)13(3,4)15(7,8)16(9,10)14(5,6)12(17)18/h11H,1-10H3,(H,17,18)/p-1. The average Bonchev–Trinajstić information content (AvgIpc) is 2.15. The van der Waals surface area contributed by atoms with Crippen LogP contribution in [0.3, 0.4) is 0 Å². The summed E-state index contributed by atoms with van der Waals surface area (Å²) in [6, 6.07) is 0. The monoisotopic (exact) mass is 255 g/mol. The Morgan fingerprint density at radius 2 is 1.17 bits per heavy atom.